The number of aliphatic hydroxyl groups is 1. The predicted octanol–water partition coefficient (Wildman–Crippen LogP) is 2.43. The third kappa shape index (κ3) is 3.30. The van der Waals surface area contributed by atoms with Crippen LogP contribution in [0.25, 0.3) is 0 Å². The minimum Gasteiger partial charge on any atom is -0.390 e. The Morgan fingerprint density at radius 3 is 2.38 bits per heavy atom. The second-order valence-electron chi connectivity index (χ2n) is 3.25. The molecule has 0 radical (unpaired) electrons. The van der Waals surface area contributed by atoms with E-state index in [9.17, 15) is 5.11 Å². The van der Waals surface area contributed by atoms with Crippen molar-refractivity contribution >= 4 is 23.2 Å². The fourth-order valence-electron chi connectivity index (χ4n) is 1.30. The van der Waals surface area contributed by atoms with Gasteiger partial charge in [0, 0.05) is 25.1 Å². The van der Waals surface area contributed by atoms with Gasteiger partial charge in [-0.15, -0.1) is 0 Å². The topological polar surface area (TPSA) is 51.6 Å². The molecule has 1 aromatic heterocycles. The lowest BCUT2D eigenvalue weighted by atomic mass is 10.1. The number of pyridine rings is 1. The number of ether oxygens (including phenoxy) is 2. The Labute approximate surface area is 104 Å². The van der Waals surface area contributed by atoms with Crippen LogP contribution in [0, 0.1) is 0 Å². The molecule has 0 unspecified atom stereocenters. The van der Waals surface area contributed by atoms with Crippen molar-refractivity contribution in [2.75, 3.05) is 13.9 Å². The molecule has 1 aromatic rings. The van der Waals surface area contributed by atoms with Crippen LogP contribution in [0.4, 0.5) is 0 Å². The second-order valence-corrected chi connectivity index (χ2v) is 4.07. The van der Waals surface area contributed by atoms with Gasteiger partial charge in [-0.25, -0.2) is 0 Å². The molecule has 0 spiro atoms. The molecule has 0 aliphatic carbocycles. The summed E-state index contributed by atoms with van der Waals surface area (Å²) in [5.41, 5.74) is 0.519. The van der Waals surface area contributed by atoms with E-state index < -0.39 is 12.2 Å². The van der Waals surface area contributed by atoms with Crippen LogP contribution in [0.15, 0.2) is 12.4 Å². The second kappa shape index (κ2) is 6.37. The smallest absolute Gasteiger partial charge is 0.147 e. The number of aliphatic hydroxyl groups excluding tert-OH is 1. The van der Waals surface area contributed by atoms with Crippen LogP contribution in [0.1, 0.15) is 18.6 Å². The van der Waals surface area contributed by atoms with Crippen molar-refractivity contribution in [3.8, 4) is 0 Å². The van der Waals surface area contributed by atoms with E-state index in [0.717, 1.165) is 0 Å². The van der Waals surface area contributed by atoms with E-state index >= 15 is 0 Å². The first-order valence-corrected chi connectivity index (χ1v) is 5.41. The summed E-state index contributed by atoms with van der Waals surface area (Å²) in [6.07, 6.45) is 1.51. The lowest BCUT2D eigenvalue weighted by molar-refractivity contribution is -0.110. The largest absolute Gasteiger partial charge is 0.390 e. The molecule has 6 heteroatoms. The molecule has 1 N–H and O–H groups in total. The molecule has 4 nitrogen and oxygen atoms in total. The van der Waals surface area contributed by atoms with Crippen molar-refractivity contribution in [1.82, 2.24) is 4.98 Å². The first-order chi connectivity index (χ1) is 7.57. The van der Waals surface area contributed by atoms with Crippen LogP contribution in [-0.4, -0.2) is 30.1 Å². The maximum Gasteiger partial charge on any atom is 0.147 e. The summed E-state index contributed by atoms with van der Waals surface area (Å²) in [4.78, 5) is 3.83. The highest BCUT2D eigenvalue weighted by Gasteiger charge is 2.23. The summed E-state index contributed by atoms with van der Waals surface area (Å²) in [6.45, 7) is 1.64. The molecule has 0 amide bonds. The molecule has 0 saturated heterocycles. The Hall–Kier alpha value is -0.390. The molecule has 1 rings (SSSR count). The van der Waals surface area contributed by atoms with Crippen molar-refractivity contribution in [3.05, 3.63) is 28.0 Å². The highest BCUT2D eigenvalue weighted by Crippen LogP contribution is 2.33. The number of methoxy groups -OCH3 is 1. The van der Waals surface area contributed by atoms with Crippen LogP contribution in [0.3, 0.4) is 0 Å². The lowest BCUT2D eigenvalue weighted by Crippen LogP contribution is -2.20. The van der Waals surface area contributed by atoms with Crippen LogP contribution < -0.4 is 0 Å². The summed E-state index contributed by atoms with van der Waals surface area (Å²) >= 11 is 11.9. The van der Waals surface area contributed by atoms with Gasteiger partial charge in [0.25, 0.3) is 0 Å². The van der Waals surface area contributed by atoms with Crippen LogP contribution in [0.5, 0.6) is 0 Å². The molecule has 0 aromatic carbocycles. The molecule has 0 aliphatic heterocycles. The van der Waals surface area contributed by atoms with Gasteiger partial charge in [-0.1, -0.05) is 23.2 Å². The molecular formula is C10H13Cl2NO3. The normalized spacial score (nSPS) is 14.8. The Bertz CT molecular complexity index is 327. The van der Waals surface area contributed by atoms with Gasteiger partial charge in [-0.2, -0.15) is 0 Å². The quantitative estimate of drug-likeness (QED) is 0.831. The minimum atomic E-state index is -0.757. The van der Waals surface area contributed by atoms with Gasteiger partial charge in [0.05, 0.1) is 16.1 Å². The molecule has 2 atom stereocenters. The lowest BCUT2D eigenvalue weighted by Gasteiger charge is -2.22. The molecule has 0 saturated carbocycles. The van der Waals surface area contributed by atoms with E-state index in [-0.39, 0.29) is 6.79 Å². The minimum absolute atomic E-state index is 0.0462. The van der Waals surface area contributed by atoms with Gasteiger partial charge in [-0.3, -0.25) is 4.98 Å². The summed E-state index contributed by atoms with van der Waals surface area (Å²) in [7, 11) is 1.49. The Balaban J connectivity index is 3.00. The Morgan fingerprint density at radius 2 is 1.94 bits per heavy atom. The van der Waals surface area contributed by atoms with E-state index in [1.54, 1.807) is 6.92 Å². The fourth-order valence-corrected chi connectivity index (χ4v) is 1.88. The zero-order chi connectivity index (χ0) is 12.1. The zero-order valence-corrected chi connectivity index (χ0v) is 10.5. The van der Waals surface area contributed by atoms with Crippen molar-refractivity contribution in [1.29, 1.82) is 0 Å². The summed E-state index contributed by atoms with van der Waals surface area (Å²) in [5.74, 6) is 0. The van der Waals surface area contributed by atoms with E-state index in [2.05, 4.69) is 4.98 Å². The van der Waals surface area contributed by atoms with Crippen LogP contribution in [0.2, 0.25) is 10.0 Å². The first kappa shape index (κ1) is 13.7. The third-order valence-electron chi connectivity index (χ3n) is 1.98. The van der Waals surface area contributed by atoms with E-state index in [4.69, 9.17) is 32.7 Å². The molecule has 0 fully saturated rings. The maximum atomic E-state index is 9.62. The number of nitrogens with zero attached hydrogens (tertiary/aromatic N) is 1. The zero-order valence-electron chi connectivity index (χ0n) is 8.98. The molecule has 0 bridgehead atoms. The molecular weight excluding hydrogens is 253 g/mol. The number of hydrogen-bond acceptors (Lipinski definition) is 4. The van der Waals surface area contributed by atoms with Crippen molar-refractivity contribution < 1.29 is 14.6 Å². The van der Waals surface area contributed by atoms with Crippen molar-refractivity contribution in [2.45, 2.75) is 19.1 Å². The maximum absolute atomic E-state index is 9.62. The Kier molecular flexibility index (Phi) is 5.44. The van der Waals surface area contributed by atoms with Crippen LogP contribution >= 0.6 is 23.2 Å². The van der Waals surface area contributed by atoms with Gasteiger partial charge < -0.3 is 14.6 Å². The summed E-state index contributed by atoms with van der Waals surface area (Å²) < 4.78 is 10.1. The average Bonchev–Trinajstić information content (AvgIpc) is 2.21. The van der Waals surface area contributed by atoms with Crippen molar-refractivity contribution in [2.24, 2.45) is 0 Å². The SMILES string of the molecule is COCO[C@H](c1c(Cl)cncc1Cl)[C@@H](C)O. The average molecular weight is 266 g/mol. The standard InChI is InChI=1S/C10H13Cl2NO3/c1-6(14)10(16-5-15-2)9-7(11)3-13-4-8(9)12/h3-4,6,10,14H,5H2,1-2H3/t6-,10+/m1/s1. The highest BCUT2D eigenvalue weighted by molar-refractivity contribution is 6.35. The van der Waals surface area contributed by atoms with E-state index in [0.29, 0.717) is 15.6 Å². The molecule has 16 heavy (non-hydrogen) atoms. The van der Waals surface area contributed by atoms with Gasteiger partial charge in [-0.05, 0) is 6.92 Å². The summed E-state index contributed by atoms with van der Waals surface area (Å²) in [6, 6.07) is 0. The first-order valence-electron chi connectivity index (χ1n) is 4.65. The third-order valence-corrected chi connectivity index (χ3v) is 2.58. The van der Waals surface area contributed by atoms with Gasteiger partial charge >= 0.3 is 0 Å². The predicted molar refractivity (Wildman–Crippen MR) is 61.6 cm³/mol. The fraction of sp³-hybridized carbons (Fsp3) is 0.500. The van der Waals surface area contributed by atoms with Crippen LogP contribution in [-0.2, 0) is 9.47 Å². The number of halogens is 2. The molecule has 0 aliphatic rings. The number of aromatic nitrogens is 1. The van der Waals surface area contributed by atoms with E-state index in [1.165, 1.54) is 19.5 Å². The van der Waals surface area contributed by atoms with E-state index in [1.807, 2.05) is 0 Å². The molecule has 90 valence electrons. The summed E-state index contributed by atoms with van der Waals surface area (Å²) in [5, 5.41) is 10.3. The van der Waals surface area contributed by atoms with Gasteiger partial charge in [0.1, 0.15) is 12.9 Å². The van der Waals surface area contributed by atoms with Crippen molar-refractivity contribution in [3.63, 3.8) is 0 Å². The van der Waals surface area contributed by atoms with Gasteiger partial charge in [0.15, 0.2) is 0 Å². The number of hydrogen-bond donors (Lipinski definition) is 1. The number of rotatable bonds is 5. The van der Waals surface area contributed by atoms with Gasteiger partial charge in [0.2, 0.25) is 0 Å². The highest BCUT2D eigenvalue weighted by atomic mass is 35.5. The molecule has 1 heterocycles. The monoisotopic (exact) mass is 265 g/mol. The Morgan fingerprint density at radius 1 is 1.38 bits per heavy atom.